The van der Waals surface area contributed by atoms with Crippen molar-refractivity contribution in [1.29, 1.82) is 0 Å². The van der Waals surface area contributed by atoms with Gasteiger partial charge in [-0.25, -0.2) is 5.43 Å². The fraction of sp³-hybridized carbons (Fsp3) is 0.368. The predicted octanol–water partition coefficient (Wildman–Crippen LogP) is 4.08. The summed E-state index contributed by atoms with van der Waals surface area (Å²) in [4.78, 5) is 0. The minimum Gasteiger partial charge on any atom is -0.494 e. The minimum absolute atomic E-state index is 0.736. The van der Waals surface area contributed by atoms with Gasteiger partial charge in [0.25, 0.3) is 0 Å². The third-order valence-corrected chi connectivity index (χ3v) is 4.17. The molecule has 0 bridgehead atoms. The van der Waals surface area contributed by atoms with Crippen molar-refractivity contribution in [3.63, 3.8) is 0 Å². The van der Waals surface area contributed by atoms with Gasteiger partial charge in [0.2, 0.25) is 0 Å². The van der Waals surface area contributed by atoms with Crippen molar-refractivity contribution in [3.8, 4) is 5.75 Å². The van der Waals surface area contributed by atoms with Crippen LogP contribution in [-0.2, 0) is 19.4 Å². The summed E-state index contributed by atoms with van der Waals surface area (Å²) >= 11 is 0. The molecule has 0 atom stereocenters. The molecule has 22 heavy (non-hydrogen) atoms. The zero-order valence-electron chi connectivity index (χ0n) is 13.2. The fourth-order valence-electron chi connectivity index (χ4n) is 3.13. The molecule has 0 saturated heterocycles. The van der Waals surface area contributed by atoms with E-state index in [1.165, 1.54) is 36.0 Å². The molecule has 0 aromatic heterocycles. The van der Waals surface area contributed by atoms with Gasteiger partial charge in [0, 0.05) is 12.2 Å². The number of ether oxygens (including phenoxy) is 1. The molecule has 0 heterocycles. The maximum Gasteiger partial charge on any atom is 0.122 e. The third-order valence-electron chi connectivity index (χ3n) is 4.17. The highest BCUT2D eigenvalue weighted by molar-refractivity contribution is 5.47. The lowest BCUT2D eigenvalue weighted by Crippen LogP contribution is -2.22. The highest BCUT2D eigenvalue weighted by atomic mass is 16.5. The molecule has 1 aliphatic carbocycles. The van der Waals surface area contributed by atoms with Crippen molar-refractivity contribution in [3.05, 3.63) is 59.2 Å². The Hall–Kier alpha value is -2.00. The van der Waals surface area contributed by atoms with Crippen LogP contribution >= 0.6 is 0 Å². The number of anilines is 1. The molecule has 2 N–H and O–H groups in total. The number of benzene rings is 2. The van der Waals surface area contributed by atoms with Gasteiger partial charge in [-0.15, -0.1) is 0 Å². The molecule has 0 unspecified atom stereocenters. The van der Waals surface area contributed by atoms with Crippen LogP contribution in [0.4, 0.5) is 5.69 Å². The zero-order valence-corrected chi connectivity index (χ0v) is 13.2. The summed E-state index contributed by atoms with van der Waals surface area (Å²) < 4.78 is 5.80. The van der Waals surface area contributed by atoms with Gasteiger partial charge in [0.05, 0.1) is 6.61 Å². The van der Waals surface area contributed by atoms with E-state index in [0.717, 1.165) is 31.0 Å². The first-order chi connectivity index (χ1) is 10.9. The lowest BCUT2D eigenvalue weighted by Gasteiger charge is -2.23. The quantitative estimate of drug-likeness (QED) is 0.788. The molecule has 2 aromatic rings. The van der Waals surface area contributed by atoms with E-state index in [2.05, 4.69) is 42.0 Å². The van der Waals surface area contributed by atoms with Gasteiger partial charge in [-0.3, -0.25) is 0 Å². The van der Waals surface area contributed by atoms with Gasteiger partial charge in [-0.2, -0.15) is 0 Å². The molecule has 3 heteroatoms. The monoisotopic (exact) mass is 296 g/mol. The first-order valence-corrected chi connectivity index (χ1v) is 8.19. The highest BCUT2D eigenvalue weighted by Crippen LogP contribution is 2.32. The Morgan fingerprint density at radius 2 is 1.73 bits per heavy atom. The van der Waals surface area contributed by atoms with E-state index in [9.17, 15) is 0 Å². The van der Waals surface area contributed by atoms with Crippen LogP contribution in [0, 0.1) is 0 Å². The molecular formula is C19H24N2O. The van der Waals surface area contributed by atoms with Crippen molar-refractivity contribution < 1.29 is 4.74 Å². The molecule has 0 saturated carbocycles. The van der Waals surface area contributed by atoms with Crippen molar-refractivity contribution in [2.75, 3.05) is 12.0 Å². The van der Waals surface area contributed by atoms with Crippen molar-refractivity contribution in [2.45, 2.75) is 39.2 Å². The maximum absolute atomic E-state index is 5.80. The summed E-state index contributed by atoms with van der Waals surface area (Å²) in [7, 11) is 0. The van der Waals surface area contributed by atoms with E-state index in [-0.39, 0.29) is 0 Å². The highest BCUT2D eigenvalue weighted by Gasteiger charge is 2.17. The van der Waals surface area contributed by atoms with E-state index >= 15 is 0 Å². The number of fused-ring (bicyclic) bond motifs is 1. The minimum atomic E-state index is 0.736. The number of hydrogen-bond donors (Lipinski definition) is 2. The number of nitrogens with one attached hydrogen (secondary N) is 2. The van der Waals surface area contributed by atoms with Crippen LogP contribution in [0.25, 0.3) is 0 Å². The van der Waals surface area contributed by atoms with Crippen LogP contribution in [-0.4, -0.2) is 6.61 Å². The molecule has 0 amide bonds. The van der Waals surface area contributed by atoms with Gasteiger partial charge in [-0.05, 0) is 67.5 Å². The first-order valence-electron chi connectivity index (χ1n) is 8.19. The topological polar surface area (TPSA) is 33.3 Å². The summed E-state index contributed by atoms with van der Waals surface area (Å²) in [5.74, 6) is 1.08. The Morgan fingerprint density at radius 3 is 2.50 bits per heavy atom. The van der Waals surface area contributed by atoms with E-state index in [1.807, 2.05) is 18.2 Å². The Kier molecular flexibility index (Phi) is 4.96. The summed E-state index contributed by atoms with van der Waals surface area (Å²) in [6.07, 6.45) is 4.86. The van der Waals surface area contributed by atoms with Crippen LogP contribution in [0.1, 0.15) is 36.5 Å². The molecule has 1 aliphatic rings. The third kappa shape index (κ3) is 3.42. The van der Waals surface area contributed by atoms with Crippen LogP contribution < -0.4 is 15.6 Å². The second-order valence-corrected chi connectivity index (χ2v) is 5.66. The van der Waals surface area contributed by atoms with Crippen LogP contribution in [0.15, 0.2) is 42.5 Å². The summed E-state index contributed by atoms with van der Waals surface area (Å²) in [5.41, 5.74) is 12.0. The van der Waals surface area contributed by atoms with Crippen molar-refractivity contribution >= 4 is 5.69 Å². The van der Waals surface area contributed by atoms with Crippen LogP contribution in [0.5, 0.6) is 5.75 Å². The van der Waals surface area contributed by atoms with E-state index in [4.69, 9.17) is 4.74 Å². The maximum atomic E-state index is 5.80. The van der Waals surface area contributed by atoms with Gasteiger partial charge in [0.15, 0.2) is 0 Å². The molecule has 0 fully saturated rings. The number of para-hydroxylation sites is 1. The zero-order chi connectivity index (χ0) is 15.2. The van der Waals surface area contributed by atoms with Gasteiger partial charge in [-0.1, -0.05) is 24.3 Å². The average molecular weight is 296 g/mol. The Morgan fingerprint density at radius 1 is 0.955 bits per heavy atom. The fourth-order valence-corrected chi connectivity index (χ4v) is 3.13. The van der Waals surface area contributed by atoms with Gasteiger partial charge < -0.3 is 10.2 Å². The molecule has 3 rings (SSSR count). The van der Waals surface area contributed by atoms with Gasteiger partial charge in [0.1, 0.15) is 5.75 Å². The lowest BCUT2D eigenvalue weighted by molar-refractivity contribution is 0.334. The molecule has 2 aromatic carbocycles. The summed E-state index contributed by atoms with van der Waals surface area (Å²) in [6.45, 7) is 3.61. The second-order valence-electron chi connectivity index (χ2n) is 5.66. The van der Waals surface area contributed by atoms with E-state index in [0.29, 0.717) is 0 Å². The standard InChI is InChI=1S/C19H24N2O/c1-2-22-19-13-12-15(17-10-6-7-11-18(17)19)14-20-21-16-8-4-3-5-9-16/h3-5,8-9,12-13,20-21H,2,6-7,10-11,14H2,1H3. The SMILES string of the molecule is CCOc1ccc(CNNc2ccccc2)c2c1CCCC2. The number of hydrazine groups is 1. The molecule has 0 spiro atoms. The van der Waals surface area contributed by atoms with Crippen LogP contribution in [0.2, 0.25) is 0 Å². The summed E-state index contributed by atoms with van der Waals surface area (Å²) in [6, 6.07) is 14.5. The normalized spacial score (nSPS) is 13.5. The second kappa shape index (κ2) is 7.32. The Bertz CT molecular complexity index is 610. The number of rotatable bonds is 6. The Labute approximate surface area is 132 Å². The molecule has 0 radical (unpaired) electrons. The van der Waals surface area contributed by atoms with E-state index < -0.39 is 0 Å². The predicted molar refractivity (Wildman–Crippen MR) is 91.2 cm³/mol. The Balaban J connectivity index is 1.71. The van der Waals surface area contributed by atoms with Crippen LogP contribution in [0.3, 0.4) is 0 Å². The smallest absolute Gasteiger partial charge is 0.122 e. The van der Waals surface area contributed by atoms with Gasteiger partial charge >= 0.3 is 0 Å². The molecule has 3 nitrogen and oxygen atoms in total. The van der Waals surface area contributed by atoms with Crippen molar-refractivity contribution in [1.82, 2.24) is 5.43 Å². The molecular weight excluding hydrogens is 272 g/mol. The molecule has 0 aliphatic heterocycles. The number of hydrogen-bond acceptors (Lipinski definition) is 3. The summed E-state index contributed by atoms with van der Waals surface area (Å²) in [5, 5.41) is 0. The molecule has 116 valence electrons. The first kappa shape index (κ1) is 14.9. The average Bonchev–Trinajstić information content (AvgIpc) is 2.58. The van der Waals surface area contributed by atoms with E-state index in [1.54, 1.807) is 0 Å². The van der Waals surface area contributed by atoms with Crippen molar-refractivity contribution in [2.24, 2.45) is 0 Å². The lowest BCUT2D eigenvalue weighted by atomic mass is 9.87. The largest absolute Gasteiger partial charge is 0.494 e.